The van der Waals surface area contributed by atoms with Crippen LogP contribution in [-0.4, -0.2) is 42.1 Å². The average Bonchev–Trinajstić information content (AvgIpc) is 3.47. The third-order valence-electron chi connectivity index (χ3n) is 11.0. The lowest BCUT2D eigenvalue weighted by Crippen LogP contribution is -2.28. The van der Waals surface area contributed by atoms with Crippen molar-refractivity contribution in [2.24, 2.45) is 0 Å². The molecule has 6 rings (SSSR count). The quantitative estimate of drug-likeness (QED) is 0.107. The Bertz CT molecular complexity index is 2150. The number of fused-ring (bicyclic) bond motifs is 2. The molecule has 0 radical (unpaired) electrons. The maximum absolute atomic E-state index is 12.1. The van der Waals surface area contributed by atoms with Crippen LogP contribution in [0.1, 0.15) is 97.6 Å². The summed E-state index contributed by atoms with van der Waals surface area (Å²) in [6.45, 7) is 14.5. The van der Waals surface area contributed by atoms with Gasteiger partial charge < -0.3 is 9.64 Å². The van der Waals surface area contributed by atoms with Crippen LogP contribution in [0, 0.1) is 0 Å². The second kappa shape index (κ2) is 15.4. The molecule has 7 nitrogen and oxygen atoms in total. The summed E-state index contributed by atoms with van der Waals surface area (Å²) in [5, 5.41) is 0. The van der Waals surface area contributed by atoms with Crippen LogP contribution < -0.4 is 9.64 Å². The third kappa shape index (κ3) is 7.90. The number of allylic oxidation sites excluding steroid dienone is 7. The van der Waals surface area contributed by atoms with Crippen LogP contribution in [0.5, 0.6) is 5.75 Å². The number of ether oxygens (including phenoxy) is 1. The van der Waals surface area contributed by atoms with Crippen LogP contribution in [0.3, 0.4) is 0 Å². The molecule has 0 unspecified atom stereocenters. The van der Waals surface area contributed by atoms with Crippen molar-refractivity contribution >= 4 is 33.0 Å². The third-order valence-corrected chi connectivity index (χ3v) is 11.8. The molecule has 2 heterocycles. The Morgan fingerprint density at radius 2 is 1.58 bits per heavy atom. The number of hydrogen-bond acceptors (Lipinski definition) is 5. The highest BCUT2D eigenvalue weighted by molar-refractivity contribution is 7.85. The van der Waals surface area contributed by atoms with Crippen LogP contribution in [0.2, 0.25) is 0 Å². The van der Waals surface area contributed by atoms with Gasteiger partial charge in [0.1, 0.15) is 23.8 Å². The van der Waals surface area contributed by atoms with Crippen molar-refractivity contribution in [1.29, 1.82) is 0 Å². The van der Waals surface area contributed by atoms with Gasteiger partial charge in [-0.3, -0.25) is 9.35 Å². The van der Waals surface area contributed by atoms with E-state index >= 15 is 0 Å². The first-order chi connectivity index (χ1) is 25.2. The second-order valence-corrected chi connectivity index (χ2v) is 16.9. The number of ketones is 1. The Hall–Kier alpha value is -4.53. The number of benzene rings is 3. The molecular weight excluding hydrogens is 681 g/mol. The fourth-order valence-electron chi connectivity index (χ4n) is 8.06. The molecule has 0 amide bonds. The molecule has 3 aromatic rings. The van der Waals surface area contributed by atoms with Crippen LogP contribution >= 0.6 is 0 Å². The maximum atomic E-state index is 12.1. The molecule has 8 heteroatoms. The Morgan fingerprint density at radius 3 is 2.28 bits per heavy atom. The Morgan fingerprint density at radius 1 is 0.887 bits per heavy atom. The fraction of sp³-hybridized carbons (Fsp3) is 0.378. The minimum Gasteiger partial charge on any atom is -0.457 e. The van der Waals surface area contributed by atoms with Gasteiger partial charge in [-0.2, -0.15) is 13.0 Å². The zero-order chi connectivity index (χ0) is 38.0. The first-order valence-corrected chi connectivity index (χ1v) is 20.4. The highest BCUT2D eigenvalue weighted by Crippen LogP contribution is 2.48. The van der Waals surface area contributed by atoms with E-state index in [9.17, 15) is 17.8 Å². The average molecular weight is 734 g/mol. The fourth-order valence-corrected chi connectivity index (χ4v) is 8.54. The molecule has 0 bridgehead atoms. The maximum Gasteiger partial charge on any atom is 0.294 e. The summed E-state index contributed by atoms with van der Waals surface area (Å²) in [6.07, 6.45) is 15.3. The van der Waals surface area contributed by atoms with Crippen molar-refractivity contribution in [3.63, 3.8) is 0 Å². The van der Waals surface area contributed by atoms with E-state index in [1.165, 1.54) is 41.1 Å². The van der Waals surface area contributed by atoms with Crippen LogP contribution in [0.4, 0.5) is 11.4 Å². The Labute approximate surface area is 315 Å². The first-order valence-electron chi connectivity index (χ1n) is 18.9. The highest BCUT2D eigenvalue weighted by Gasteiger charge is 2.44. The minimum absolute atomic E-state index is 0.155. The summed E-state index contributed by atoms with van der Waals surface area (Å²) in [7, 11) is -4.34. The van der Waals surface area contributed by atoms with Crippen LogP contribution in [-0.2, 0) is 25.7 Å². The molecule has 0 saturated carbocycles. The van der Waals surface area contributed by atoms with Crippen molar-refractivity contribution in [2.75, 3.05) is 18.0 Å². The molecule has 3 aliphatic rings. The lowest BCUT2D eigenvalue weighted by atomic mass is 9.81. The minimum atomic E-state index is -4.34. The molecule has 1 aliphatic carbocycles. The molecule has 0 aromatic heterocycles. The largest absolute Gasteiger partial charge is 0.457 e. The number of nitrogens with zero attached hydrogens (tertiary/aromatic N) is 2. The van der Waals surface area contributed by atoms with Gasteiger partial charge in [-0.25, -0.2) is 0 Å². The topological polar surface area (TPSA) is 86.9 Å². The number of rotatable bonds is 13. The number of para-hydroxylation sites is 2. The number of anilines is 1. The smallest absolute Gasteiger partial charge is 0.294 e. The van der Waals surface area contributed by atoms with Gasteiger partial charge in [0.25, 0.3) is 10.1 Å². The standard InChI is InChI=1S/C45H52N2O5S/c1-7-8-13-30-46-39-19-11-9-17-37(39)44(3,4)41(46)27-21-33-15-14-16-34(43(33)52-35-23-25-36(26-24-35)53(49,50)51)22-28-42-45(5,6)38-18-10-12-20-40(38)47(42)31-29-32(2)48/h9-12,17-28H,7-8,13-16,29-31H2,1-6H3/p+1. The number of Topliss-reactive ketones (excluding diaryl/α,β-unsaturated/α-hetero) is 1. The van der Waals surface area contributed by atoms with E-state index in [1.807, 2.05) is 6.07 Å². The number of hydrogen-bond donors (Lipinski definition) is 1. The summed E-state index contributed by atoms with van der Waals surface area (Å²) >= 11 is 0. The summed E-state index contributed by atoms with van der Waals surface area (Å²) in [5.41, 5.74) is 8.97. The molecule has 0 fully saturated rings. The molecule has 0 spiro atoms. The van der Waals surface area contributed by atoms with E-state index < -0.39 is 10.1 Å². The Kier molecular flexibility index (Phi) is 11.1. The lowest BCUT2D eigenvalue weighted by molar-refractivity contribution is -0.438. The predicted octanol–water partition coefficient (Wildman–Crippen LogP) is 10.2. The summed E-state index contributed by atoms with van der Waals surface area (Å²) < 4.78 is 42.4. The second-order valence-electron chi connectivity index (χ2n) is 15.5. The van der Waals surface area contributed by atoms with E-state index in [2.05, 4.69) is 111 Å². The van der Waals surface area contributed by atoms with Crippen molar-refractivity contribution in [3.05, 3.63) is 131 Å². The van der Waals surface area contributed by atoms with Crippen LogP contribution in [0.15, 0.2) is 125 Å². The zero-order valence-corrected chi connectivity index (χ0v) is 32.8. The first kappa shape index (κ1) is 38.2. The molecule has 0 atom stereocenters. The van der Waals surface area contributed by atoms with E-state index in [-0.39, 0.29) is 21.5 Å². The highest BCUT2D eigenvalue weighted by atomic mass is 32.2. The zero-order valence-electron chi connectivity index (χ0n) is 32.0. The SMILES string of the molecule is CCCCC[N+]1=C(C=CC2=C(Oc3ccc(S(=O)(=O)O)cc3)C(=CC=C3N(CCC(C)=O)c4ccccc4C3(C)C)CCC2)C(C)(C)c2ccccc21. The number of unbranched alkanes of at least 4 members (excludes halogenated alkanes) is 2. The molecule has 3 aromatic carbocycles. The van der Waals surface area contributed by atoms with Gasteiger partial charge in [0.2, 0.25) is 5.69 Å². The molecule has 53 heavy (non-hydrogen) atoms. The lowest BCUT2D eigenvalue weighted by Gasteiger charge is -2.27. The number of carbonyl (C=O) groups excluding carboxylic acids is 1. The van der Waals surface area contributed by atoms with Crippen molar-refractivity contribution in [2.45, 2.75) is 102 Å². The molecule has 0 saturated heterocycles. The van der Waals surface area contributed by atoms with Gasteiger partial charge in [0.05, 0.1) is 10.3 Å². The van der Waals surface area contributed by atoms with Gasteiger partial charge in [-0.15, -0.1) is 0 Å². The summed E-state index contributed by atoms with van der Waals surface area (Å²) in [6, 6.07) is 23.0. The molecular formula is C45H53N2O5S+. The molecule has 2 aliphatic heterocycles. The van der Waals surface area contributed by atoms with Crippen molar-refractivity contribution in [1.82, 2.24) is 0 Å². The summed E-state index contributed by atoms with van der Waals surface area (Å²) in [4.78, 5) is 14.2. The van der Waals surface area contributed by atoms with E-state index in [0.29, 0.717) is 18.7 Å². The van der Waals surface area contributed by atoms with Gasteiger partial charge in [-0.05, 0) is 106 Å². The van der Waals surface area contributed by atoms with Gasteiger partial charge in [-0.1, -0.05) is 69.7 Å². The summed E-state index contributed by atoms with van der Waals surface area (Å²) in [5.74, 6) is 1.39. The van der Waals surface area contributed by atoms with Gasteiger partial charge in [0, 0.05) is 53.9 Å². The number of carbonyl (C=O) groups is 1. The molecule has 278 valence electrons. The van der Waals surface area contributed by atoms with Gasteiger partial charge >= 0.3 is 0 Å². The van der Waals surface area contributed by atoms with Crippen molar-refractivity contribution < 1.29 is 27.1 Å². The monoisotopic (exact) mass is 733 g/mol. The predicted molar refractivity (Wildman–Crippen MR) is 214 cm³/mol. The molecule has 1 N–H and O–H groups in total. The van der Waals surface area contributed by atoms with Crippen molar-refractivity contribution in [3.8, 4) is 5.75 Å². The van der Waals surface area contributed by atoms with E-state index in [1.54, 1.807) is 19.1 Å². The van der Waals surface area contributed by atoms with Gasteiger partial charge in [0.15, 0.2) is 5.71 Å². The van der Waals surface area contributed by atoms with E-state index in [0.717, 1.165) is 66.9 Å². The Balaban J connectivity index is 1.45. The van der Waals surface area contributed by atoms with E-state index in [4.69, 9.17) is 4.74 Å². The van der Waals surface area contributed by atoms with Crippen LogP contribution in [0.25, 0.3) is 0 Å². The normalized spacial score (nSPS) is 19.4.